The Kier molecular flexibility index (Phi) is 4.01. The normalized spacial score (nSPS) is 11.0. The molecule has 6 nitrogen and oxygen atoms in total. The van der Waals surface area contributed by atoms with Crippen molar-refractivity contribution >= 4 is 27.8 Å². The fourth-order valence-electron chi connectivity index (χ4n) is 2.89. The first-order chi connectivity index (χ1) is 12.7. The molecule has 2 heterocycles. The van der Waals surface area contributed by atoms with Gasteiger partial charge in [-0.2, -0.15) is 0 Å². The first-order valence-corrected chi connectivity index (χ1v) is 8.25. The molecule has 6 heteroatoms. The highest BCUT2D eigenvalue weighted by Gasteiger charge is 2.20. The molecule has 4 rings (SSSR count). The van der Waals surface area contributed by atoms with Crippen LogP contribution in [0.3, 0.4) is 0 Å². The summed E-state index contributed by atoms with van der Waals surface area (Å²) in [6.45, 7) is 3.81. The molecule has 0 saturated heterocycles. The van der Waals surface area contributed by atoms with Crippen molar-refractivity contribution in [2.24, 2.45) is 0 Å². The molecule has 0 spiro atoms. The summed E-state index contributed by atoms with van der Waals surface area (Å²) in [5, 5.41) is 1.46. The molecule has 0 unspecified atom stereocenters. The number of rotatable bonds is 4. The van der Waals surface area contributed by atoms with Crippen molar-refractivity contribution in [3.05, 3.63) is 60.1 Å². The average molecular weight is 348 g/mol. The van der Waals surface area contributed by atoms with E-state index in [0.29, 0.717) is 40.5 Å². The predicted molar refractivity (Wildman–Crippen MR) is 96.5 cm³/mol. The molecular formula is C20H16N2O4. The predicted octanol–water partition coefficient (Wildman–Crippen LogP) is 4.65. The van der Waals surface area contributed by atoms with Gasteiger partial charge in [0.25, 0.3) is 0 Å². The number of furan rings is 1. The van der Waals surface area contributed by atoms with Gasteiger partial charge >= 0.3 is 5.97 Å². The summed E-state index contributed by atoms with van der Waals surface area (Å²) in [7, 11) is 0. The topological polar surface area (TPSA) is 74.5 Å². The molecule has 4 aromatic rings. The van der Waals surface area contributed by atoms with Crippen molar-refractivity contribution < 1.29 is 18.7 Å². The third kappa shape index (κ3) is 2.75. The summed E-state index contributed by atoms with van der Waals surface area (Å²) in [6, 6.07) is 12.9. The number of ether oxygens (including phenoxy) is 2. The van der Waals surface area contributed by atoms with Crippen LogP contribution in [-0.4, -0.2) is 22.5 Å². The number of esters is 1. The summed E-state index contributed by atoms with van der Waals surface area (Å²) in [6.07, 6.45) is 1.46. The number of benzene rings is 2. The molecule has 0 bridgehead atoms. The highest BCUT2D eigenvalue weighted by Crippen LogP contribution is 2.32. The number of hydrogen-bond acceptors (Lipinski definition) is 6. The molecule has 0 fully saturated rings. The van der Waals surface area contributed by atoms with Crippen LogP contribution in [0.2, 0.25) is 0 Å². The van der Waals surface area contributed by atoms with E-state index in [1.54, 1.807) is 32.0 Å². The van der Waals surface area contributed by atoms with Crippen LogP contribution in [0.25, 0.3) is 21.9 Å². The monoisotopic (exact) mass is 348 g/mol. The average Bonchev–Trinajstić information content (AvgIpc) is 2.97. The molecule has 0 radical (unpaired) electrons. The highest BCUT2D eigenvalue weighted by atomic mass is 16.5. The fraction of sp³-hybridized carbons (Fsp3) is 0.150. The lowest BCUT2D eigenvalue weighted by Gasteiger charge is -2.07. The second-order valence-corrected chi connectivity index (χ2v) is 5.71. The van der Waals surface area contributed by atoms with Crippen molar-refractivity contribution in [3.63, 3.8) is 0 Å². The third-order valence-corrected chi connectivity index (χ3v) is 4.04. The fourth-order valence-corrected chi connectivity index (χ4v) is 2.89. The van der Waals surface area contributed by atoms with E-state index >= 15 is 0 Å². The van der Waals surface area contributed by atoms with Gasteiger partial charge in [-0.05, 0) is 44.2 Å². The number of aryl methyl sites for hydroxylation is 1. The lowest BCUT2D eigenvalue weighted by molar-refractivity contribution is 0.0526. The molecule has 2 aromatic carbocycles. The maximum atomic E-state index is 12.2. The van der Waals surface area contributed by atoms with Crippen LogP contribution in [0.1, 0.15) is 23.0 Å². The maximum Gasteiger partial charge on any atom is 0.342 e. The Morgan fingerprint density at radius 2 is 1.96 bits per heavy atom. The van der Waals surface area contributed by atoms with E-state index in [1.165, 1.54) is 6.33 Å². The van der Waals surface area contributed by atoms with Gasteiger partial charge in [0.1, 0.15) is 29.0 Å². The van der Waals surface area contributed by atoms with Gasteiger partial charge in [0, 0.05) is 5.39 Å². The first kappa shape index (κ1) is 16.1. The Morgan fingerprint density at radius 1 is 1.12 bits per heavy atom. The lowest BCUT2D eigenvalue weighted by atomic mass is 10.1. The zero-order valence-electron chi connectivity index (χ0n) is 14.4. The van der Waals surface area contributed by atoms with Crippen LogP contribution in [0.5, 0.6) is 11.6 Å². The number of aromatic nitrogens is 2. The Bertz CT molecular complexity index is 1110. The number of para-hydroxylation sites is 1. The minimum absolute atomic E-state index is 0.300. The van der Waals surface area contributed by atoms with E-state index in [4.69, 9.17) is 13.9 Å². The van der Waals surface area contributed by atoms with Gasteiger partial charge in [0.15, 0.2) is 0 Å². The van der Waals surface area contributed by atoms with Crippen LogP contribution in [-0.2, 0) is 4.74 Å². The molecule has 0 N–H and O–H groups in total. The molecule has 0 saturated carbocycles. The van der Waals surface area contributed by atoms with E-state index in [-0.39, 0.29) is 0 Å². The number of carbonyl (C=O) groups excluding carboxylic acids is 1. The summed E-state index contributed by atoms with van der Waals surface area (Å²) in [4.78, 5) is 20.7. The largest absolute Gasteiger partial charge is 0.462 e. The standard InChI is InChI=1S/C20H16N2O4/c1-3-24-20(23)18-12(2)25-17-9-8-13(10-15(17)18)26-19-14-6-4-5-7-16(14)21-11-22-19/h4-11H,3H2,1-2H3. The Balaban J connectivity index is 1.77. The quantitative estimate of drug-likeness (QED) is 0.500. The molecular weight excluding hydrogens is 332 g/mol. The number of carbonyl (C=O) groups is 1. The molecule has 0 aliphatic heterocycles. The van der Waals surface area contributed by atoms with Gasteiger partial charge in [-0.15, -0.1) is 0 Å². The second kappa shape index (κ2) is 6.48. The Hall–Kier alpha value is -3.41. The molecule has 26 heavy (non-hydrogen) atoms. The Labute approximate surface area is 149 Å². The minimum atomic E-state index is -0.409. The summed E-state index contributed by atoms with van der Waals surface area (Å²) >= 11 is 0. The van der Waals surface area contributed by atoms with Gasteiger partial charge in [0.05, 0.1) is 17.5 Å². The van der Waals surface area contributed by atoms with Crippen LogP contribution in [0.15, 0.2) is 53.2 Å². The van der Waals surface area contributed by atoms with Crippen LogP contribution < -0.4 is 4.74 Å². The van der Waals surface area contributed by atoms with Gasteiger partial charge < -0.3 is 13.9 Å². The van der Waals surface area contributed by atoms with E-state index in [1.807, 2.05) is 24.3 Å². The van der Waals surface area contributed by atoms with E-state index in [2.05, 4.69) is 9.97 Å². The van der Waals surface area contributed by atoms with Crippen LogP contribution in [0, 0.1) is 6.92 Å². The first-order valence-electron chi connectivity index (χ1n) is 8.25. The van der Waals surface area contributed by atoms with Gasteiger partial charge in [0.2, 0.25) is 5.88 Å². The summed E-state index contributed by atoms with van der Waals surface area (Å²) < 4.78 is 16.7. The van der Waals surface area contributed by atoms with Crippen molar-refractivity contribution in [1.82, 2.24) is 9.97 Å². The van der Waals surface area contributed by atoms with E-state index in [9.17, 15) is 4.79 Å². The number of hydrogen-bond donors (Lipinski definition) is 0. The zero-order chi connectivity index (χ0) is 18.1. The molecule has 2 aromatic heterocycles. The van der Waals surface area contributed by atoms with Gasteiger partial charge in [-0.3, -0.25) is 0 Å². The maximum absolute atomic E-state index is 12.2. The van der Waals surface area contributed by atoms with Gasteiger partial charge in [-0.1, -0.05) is 12.1 Å². The SMILES string of the molecule is CCOC(=O)c1c(C)oc2ccc(Oc3ncnc4ccccc34)cc12. The molecule has 130 valence electrons. The molecule has 0 aliphatic carbocycles. The van der Waals surface area contributed by atoms with E-state index < -0.39 is 5.97 Å². The van der Waals surface area contributed by atoms with Gasteiger partial charge in [-0.25, -0.2) is 14.8 Å². The smallest absolute Gasteiger partial charge is 0.342 e. The van der Waals surface area contributed by atoms with E-state index in [0.717, 1.165) is 10.9 Å². The Morgan fingerprint density at radius 3 is 2.81 bits per heavy atom. The molecule has 0 amide bonds. The van der Waals surface area contributed by atoms with Crippen molar-refractivity contribution in [1.29, 1.82) is 0 Å². The summed E-state index contributed by atoms with van der Waals surface area (Å²) in [5.41, 5.74) is 1.82. The molecule has 0 atom stereocenters. The highest BCUT2D eigenvalue weighted by molar-refractivity contribution is 6.04. The minimum Gasteiger partial charge on any atom is -0.462 e. The lowest BCUT2D eigenvalue weighted by Crippen LogP contribution is -2.05. The number of fused-ring (bicyclic) bond motifs is 2. The number of nitrogens with zero attached hydrogens (tertiary/aromatic N) is 2. The van der Waals surface area contributed by atoms with Crippen molar-refractivity contribution in [2.75, 3.05) is 6.61 Å². The molecule has 0 aliphatic rings. The van der Waals surface area contributed by atoms with Crippen LogP contribution >= 0.6 is 0 Å². The van der Waals surface area contributed by atoms with Crippen LogP contribution in [0.4, 0.5) is 0 Å². The zero-order valence-corrected chi connectivity index (χ0v) is 14.4. The van der Waals surface area contributed by atoms with Crippen molar-refractivity contribution in [2.45, 2.75) is 13.8 Å². The second-order valence-electron chi connectivity index (χ2n) is 5.71. The van der Waals surface area contributed by atoms with Crippen molar-refractivity contribution in [3.8, 4) is 11.6 Å². The third-order valence-electron chi connectivity index (χ3n) is 4.04. The summed E-state index contributed by atoms with van der Waals surface area (Å²) in [5.74, 6) is 1.11.